The molecular formula is C26H18Cl2N2O3. The number of ether oxygens (including phenoxy) is 1. The first-order valence-electron chi connectivity index (χ1n) is 9.99. The fourth-order valence-corrected chi connectivity index (χ4v) is 3.75. The van der Waals surface area contributed by atoms with Crippen LogP contribution in [-0.2, 0) is 6.61 Å². The average molecular weight is 477 g/mol. The minimum atomic E-state index is -0.660. The van der Waals surface area contributed by atoms with Crippen LogP contribution in [0.2, 0.25) is 10.0 Å². The van der Waals surface area contributed by atoms with Crippen molar-refractivity contribution in [3.05, 3.63) is 111 Å². The first-order valence-corrected chi connectivity index (χ1v) is 10.7. The van der Waals surface area contributed by atoms with Crippen LogP contribution in [0.3, 0.4) is 0 Å². The van der Waals surface area contributed by atoms with Gasteiger partial charge in [0.2, 0.25) is 0 Å². The Morgan fingerprint density at radius 3 is 2.58 bits per heavy atom. The van der Waals surface area contributed by atoms with Gasteiger partial charge in [-0.3, -0.25) is 9.59 Å². The lowest BCUT2D eigenvalue weighted by atomic mass is 10.0. The summed E-state index contributed by atoms with van der Waals surface area (Å²) in [6, 6.07) is 21.1. The monoisotopic (exact) mass is 476 g/mol. The molecule has 1 amide bonds. The first-order chi connectivity index (χ1) is 15.9. The molecule has 0 saturated heterocycles. The Hall–Kier alpha value is -3.67. The molecule has 3 aromatic carbocycles. The number of aromatic nitrogens is 1. The number of ketones is 1. The Kier molecular flexibility index (Phi) is 6.73. The highest BCUT2D eigenvalue weighted by Gasteiger charge is 2.11. The largest absolute Gasteiger partial charge is 0.487 e. The van der Waals surface area contributed by atoms with Crippen LogP contribution in [0.25, 0.3) is 17.0 Å². The molecule has 0 aliphatic rings. The van der Waals surface area contributed by atoms with Crippen molar-refractivity contribution in [2.75, 3.05) is 0 Å². The third-order valence-corrected chi connectivity index (χ3v) is 5.47. The smallest absolute Gasteiger partial charge is 0.250 e. The van der Waals surface area contributed by atoms with Crippen molar-refractivity contribution >= 4 is 51.9 Å². The van der Waals surface area contributed by atoms with E-state index in [0.717, 1.165) is 16.6 Å². The summed E-state index contributed by atoms with van der Waals surface area (Å²) in [5.41, 5.74) is 8.00. The molecular weight excluding hydrogens is 459 g/mol. The van der Waals surface area contributed by atoms with Crippen molar-refractivity contribution in [3.63, 3.8) is 0 Å². The van der Waals surface area contributed by atoms with Crippen LogP contribution < -0.4 is 10.5 Å². The molecule has 0 unspecified atom stereocenters. The topological polar surface area (TPSA) is 82.3 Å². The van der Waals surface area contributed by atoms with E-state index in [-0.39, 0.29) is 23.0 Å². The third-order valence-electron chi connectivity index (χ3n) is 4.92. The molecule has 7 heteroatoms. The number of carbonyl (C=O) groups is 2. The van der Waals surface area contributed by atoms with Gasteiger partial charge < -0.3 is 10.5 Å². The van der Waals surface area contributed by atoms with E-state index in [9.17, 15) is 9.59 Å². The normalized spacial score (nSPS) is 11.1. The van der Waals surface area contributed by atoms with Crippen molar-refractivity contribution in [1.82, 2.24) is 4.98 Å². The highest BCUT2D eigenvalue weighted by Crippen LogP contribution is 2.22. The van der Waals surface area contributed by atoms with Crippen LogP contribution in [0.4, 0.5) is 0 Å². The van der Waals surface area contributed by atoms with Gasteiger partial charge in [0.05, 0.1) is 21.8 Å². The highest BCUT2D eigenvalue weighted by molar-refractivity contribution is 6.34. The molecule has 33 heavy (non-hydrogen) atoms. The van der Waals surface area contributed by atoms with Gasteiger partial charge in [0.15, 0.2) is 5.78 Å². The summed E-state index contributed by atoms with van der Waals surface area (Å²) in [6.45, 7) is 0.237. The summed E-state index contributed by atoms with van der Waals surface area (Å²) in [5.74, 6) is -0.384. The van der Waals surface area contributed by atoms with Crippen LogP contribution in [0, 0.1) is 0 Å². The number of fused-ring (bicyclic) bond motifs is 1. The van der Waals surface area contributed by atoms with Gasteiger partial charge in [-0.1, -0.05) is 65.7 Å². The second-order valence-electron chi connectivity index (χ2n) is 7.22. The minimum absolute atomic E-state index is 0.171. The Bertz CT molecular complexity index is 1400. The molecule has 0 fully saturated rings. The Morgan fingerprint density at radius 2 is 1.76 bits per heavy atom. The van der Waals surface area contributed by atoms with Gasteiger partial charge in [0.25, 0.3) is 5.91 Å². The van der Waals surface area contributed by atoms with E-state index in [0.29, 0.717) is 21.9 Å². The number of pyridine rings is 1. The molecule has 2 N–H and O–H groups in total. The molecule has 0 spiro atoms. The number of hydrogen-bond acceptors (Lipinski definition) is 4. The van der Waals surface area contributed by atoms with Gasteiger partial charge in [-0.25, -0.2) is 4.98 Å². The van der Waals surface area contributed by atoms with E-state index in [1.807, 2.05) is 24.3 Å². The Morgan fingerprint density at radius 1 is 0.970 bits per heavy atom. The average Bonchev–Trinajstić information content (AvgIpc) is 2.80. The fraction of sp³-hybridized carbons (Fsp3) is 0.0385. The quantitative estimate of drug-likeness (QED) is 0.257. The molecule has 5 nitrogen and oxygen atoms in total. The zero-order valence-corrected chi connectivity index (χ0v) is 18.8. The number of hydrogen-bond donors (Lipinski definition) is 1. The molecule has 0 saturated carbocycles. The molecule has 1 heterocycles. The van der Waals surface area contributed by atoms with E-state index in [1.165, 1.54) is 12.2 Å². The third kappa shape index (κ3) is 5.40. The zero-order valence-electron chi connectivity index (χ0n) is 17.3. The minimum Gasteiger partial charge on any atom is -0.487 e. The maximum atomic E-state index is 12.7. The number of halogens is 2. The number of primary amides is 1. The van der Waals surface area contributed by atoms with Crippen molar-refractivity contribution in [3.8, 4) is 5.75 Å². The van der Waals surface area contributed by atoms with Crippen LogP contribution in [0.15, 0.2) is 78.9 Å². The number of carbonyl (C=O) groups excluding carboxylic acids is 2. The van der Waals surface area contributed by atoms with Crippen LogP contribution in [0.5, 0.6) is 5.75 Å². The summed E-state index contributed by atoms with van der Waals surface area (Å²) in [5, 5.41) is 1.84. The van der Waals surface area contributed by atoms with Crippen LogP contribution in [-0.4, -0.2) is 16.7 Å². The van der Waals surface area contributed by atoms with Crippen LogP contribution >= 0.6 is 23.2 Å². The molecule has 164 valence electrons. The summed E-state index contributed by atoms with van der Waals surface area (Å²) in [4.78, 5) is 28.9. The van der Waals surface area contributed by atoms with Gasteiger partial charge in [-0.05, 0) is 48.0 Å². The first kappa shape index (κ1) is 22.5. The van der Waals surface area contributed by atoms with E-state index in [2.05, 4.69) is 4.98 Å². The summed E-state index contributed by atoms with van der Waals surface area (Å²) in [7, 11) is 0. The maximum absolute atomic E-state index is 12.7. The van der Waals surface area contributed by atoms with E-state index < -0.39 is 5.91 Å². The maximum Gasteiger partial charge on any atom is 0.250 e. The van der Waals surface area contributed by atoms with Crippen molar-refractivity contribution in [2.24, 2.45) is 5.73 Å². The molecule has 0 aliphatic heterocycles. The highest BCUT2D eigenvalue weighted by atomic mass is 35.5. The molecule has 0 radical (unpaired) electrons. The lowest BCUT2D eigenvalue weighted by molar-refractivity contribution is 0.0998. The second-order valence-corrected chi connectivity index (χ2v) is 8.07. The summed E-state index contributed by atoms with van der Waals surface area (Å²) in [6.07, 6.45) is 2.89. The van der Waals surface area contributed by atoms with Crippen LogP contribution in [0.1, 0.15) is 32.0 Å². The molecule has 1 aromatic heterocycles. The standard InChI is InChI=1S/C26H18Cl2N2O3/c27-19-10-7-16-8-11-20(30-23(16)14-19)15-33-21-5-1-4-18(13-21)24(31)12-9-17-3-2-6-22(28)25(17)26(29)32/h1-14H,15H2,(H2,29,32)/b12-9-. The summed E-state index contributed by atoms with van der Waals surface area (Å²) >= 11 is 12.1. The fourth-order valence-electron chi connectivity index (χ4n) is 3.31. The lowest BCUT2D eigenvalue weighted by Crippen LogP contribution is -2.13. The molecule has 4 rings (SSSR count). The lowest BCUT2D eigenvalue weighted by Gasteiger charge is -2.08. The van der Waals surface area contributed by atoms with Gasteiger partial charge in [0, 0.05) is 16.0 Å². The Labute approximate surface area is 200 Å². The molecule has 0 aliphatic carbocycles. The van der Waals surface area contributed by atoms with Crippen molar-refractivity contribution < 1.29 is 14.3 Å². The second kappa shape index (κ2) is 9.86. The predicted octanol–water partition coefficient (Wildman–Crippen LogP) is 6.12. The summed E-state index contributed by atoms with van der Waals surface area (Å²) < 4.78 is 5.84. The number of amides is 1. The van der Waals surface area contributed by atoms with E-state index in [1.54, 1.807) is 48.5 Å². The number of nitrogens with two attached hydrogens (primary N) is 1. The SMILES string of the molecule is NC(=O)c1c(Cl)cccc1/C=C\C(=O)c1cccc(OCc2ccc3ccc(Cl)cc3n2)c1. The van der Waals surface area contributed by atoms with Gasteiger partial charge in [-0.2, -0.15) is 0 Å². The van der Waals surface area contributed by atoms with E-state index >= 15 is 0 Å². The predicted molar refractivity (Wildman–Crippen MR) is 131 cm³/mol. The van der Waals surface area contributed by atoms with Gasteiger partial charge in [0.1, 0.15) is 12.4 Å². The Balaban J connectivity index is 1.48. The van der Waals surface area contributed by atoms with Crippen molar-refractivity contribution in [2.45, 2.75) is 6.61 Å². The van der Waals surface area contributed by atoms with Gasteiger partial charge >= 0.3 is 0 Å². The van der Waals surface area contributed by atoms with Crippen molar-refractivity contribution in [1.29, 1.82) is 0 Å². The van der Waals surface area contributed by atoms with E-state index in [4.69, 9.17) is 33.7 Å². The molecule has 4 aromatic rings. The zero-order chi connectivity index (χ0) is 23.4. The number of allylic oxidation sites excluding steroid dienone is 1. The number of rotatable bonds is 7. The molecule has 0 atom stereocenters. The van der Waals surface area contributed by atoms with Gasteiger partial charge in [-0.15, -0.1) is 0 Å². The number of nitrogens with zero attached hydrogens (tertiary/aromatic N) is 1. The number of benzene rings is 3. The molecule has 0 bridgehead atoms.